The monoisotopic (exact) mass is 327 g/mol. The normalized spacial score (nSPS) is 20.2. The van der Waals surface area contributed by atoms with E-state index in [1.54, 1.807) is 0 Å². The highest BCUT2D eigenvalue weighted by Crippen LogP contribution is 2.39. The number of nitrogens with one attached hydrogen (secondary N) is 3. The SMILES string of the molecule is Cc1cc2[nH]c(=S)[nH]c2c(Cl)c1SC1CCCNCC1. The van der Waals surface area contributed by atoms with Crippen molar-refractivity contribution < 1.29 is 0 Å². The van der Waals surface area contributed by atoms with Crippen LogP contribution in [-0.4, -0.2) is 28.3 Å². The first kappa shape index (κ1) is 14.4. The molecule has 2 heterocycles. The third kappa shape index (κ3) is 2.91. The molecule has 1 aliphatic heterocycles. The molecule has 1 saturated heterocycles. The number of aryl methyl sites for hydroxylation is 1. The van der Waals surface area contributed by atoms with Crippen LogP contribution in [0, 0.1) is 11.7 Å². The van der Waals surface area contributed by atoms with Gasteiger partial charge in [-0.2, -0.15) is 0 Å². The Morgan fingerprint density at radius 1 is 1.30 bits per heavy atom. The fourth-order valence-electron chi connectivity index (χ4n) is 2.66. The lowest BCUT2D eigenvalue weighted by Crippen LogP contribution is -2.14. The number of fused-ring (bicyclic) bond motifs is 1. The standard InChI is InChI=1S/C14H18ClN3S2/c1-8-7-10-12(18-14(19)17-10)11(15)13(8)20-9-3-2-5-16-6-4-9/h7,9,16H,2-6H2,1H3,(H2,17,18,19). The minimum Gasteiger partial charge on any atom is -0.331 e. The van der Waals surface area contributed by atoms with Gasteiger partial charge in [-0.3, -0.25) is 0 Å². The van der Waals surface area contributed by atoms with Gasteiger partial charge in [0.05, 0.1) is 16.1 Å². The van der Waals surface area contributed by atoms with Crippen molar-refractivity contribution in [1.82, 2.24) is 15.3 Å². The highest BCUT2D eigenvalue weighted by molar-refractivity contribution is 8.00. The average molecular weight is 328 g/mol. The molecule has 1 fully saturated rings. The van der Waals surface area contributed by atoms with Gasteiger partial charge in [-0.15, -0.1) is 11.8 Å². The second-order valence-corrected chi connectivity index (χ2v) is 7.36. The van der Waals surface area contributed by atoms with Crippen LogP contribution < -0.4 is 5.32 Å². The maximum atomic E-state index is 6.59. The summed E-state index contributed by atoms with van der Waals surface area (Å²) in [5.41, 5.74) is 3.14. The molecule has 20 heavy (non-hydrogen) atoms. The number of aromatic nitrogens is 2. The third-order valence-electron chi connectivity index (χ3n) is 3.70. The Hall–Kier alpha value is -0.490. The number of hydrogen-bond donors (Lipinski definition) is 3. The van der Waals surface area contributed by atoms with Gasteiger partial charge in [0, 0.05) is 10.1 Å². The van der Waals surface area contributed by atoms with Crippen molar-refractivity contribution in [1.29, 1.82) is 0 Å². The van der Waals surface area contributed by atoms with Crippen LogP contribution in [0.1, 0.15) is 24.8 Å². The molecule has 0 spiro atoms. The maximum Gasteiger partial charge on any atom is 0.175 e. The molecule has 0 amide bonds. The van der Waals surface area contributed by atoms with E-state index in [1.165, 1.54) is 29.7 Å². The molecule has 6 heteroatoms. The zero-order valence-corrected chi connectivity index (χ0v) is 13.8. The minimum absolute atomic E-state index is 0.627. The molecule has 1 aromatic carbocycles. The first-order valence-electron chi connectivity index (χ1n) is 6.93. The van der Waals surface area contributed by atoms with E-state index in [4.69, 9.17) is 23.8 Å². The molecule has 1 unspecified atom stereocenters. The van der Waals surface area contributed by atoms with E-state index < -0.39 is 0 Å². The van der Waals surface area contributed by atoms with Crippen molar-refractivity contribution in [3.8, 4) is 0 Å². The van der Waals surface area contributed by atoms with Gasteiger partial charge in [-0.25, -0.2) is 0 Å². The fraction of sp³-hybridized carbons (Fsp3) is 0.500. The zero-order chi connectivity index (χ0) is 14.1. The van der Waals surface area contributed by atoms with Crippen molar-refractivity contribution in [2.75, 3.05) is 13.1 Å². The van der Waals surface area contributed by atoms with E-state index in [2.05, 4.69) is 28.3 Å². The molecule has 0 radical (unpaired) electrons. The van der Waals surface area contributed by atoms with Crippen molar-refractivity contribution in [2.24, 2.45) is 0 Å². The summed E-state index contributed by atoms with van der Waals surface area (Å²) in [6.07, 6.45) is 3.68. The lowest BCUT2D eigenvalue weighted by Gasteiger charge is -2.16. The summed E-state index contributed by atoms with van der Waals surface area (Å²) in [4.78, 5) is 7.47. The number of thioether (sulfide) groups is 1. The Balaban J connectivity index is 1.95. The first-order chi connectivity index (χ1) is 9.65. The summed E-state index contributed by atoms with van der Waals surface area (Å²) in [7, 11) is 0. The molecule has 3 N–H and O–H groups in total. The Morgan fingerprint density at radius 3 is 3.00 bits per heavy atom. The lowest BCUT2D eigenvalue weighted by molar-refractivity contribution is 0.703. The van der Waals surface area contributed by atoms with Crippen molar-refractivity contribution in [3.63, 3.8) is 0 Å². The zero-order valence-electron chi connectivity index (χ0n) is 11.4. The molecule has 0 bridgehead atoms. The van der Waals surface area contributed by atoms with Gasteiger partial charge in [0.15, 0.2) is 4.77 Å². The quantitative estimate of drug-likeness (QED) is 0.715. The molecule has 1 aromatic heterocycles. The largest absolute Gasteiger partial charge is 0.331 e. The molecule has 2 aromatic rings. The van der Waals surface area contributed by atoms with Crippen molar-refractivity contribution >= 4 is 46.6 Å². The molecule has 108 valence electrons. The number of rotatable bonds is 2. The van der Waals surface area contributed by atoms with Crippen LogP contribution in [0.5, 0.6) is 0 Å². The van der Waals surface area contributed by atoms with Gasteiger partial charge in [0.25, 0.3) is 0 Å². The first-order valence-corrected chi connectivity index (χ1v) is 8.60. The molecular formula is C14H18ClN3S2. The molecule has 1 atom stereocenters. The van der Waals surface area contributed by atoms with Crippen LogP contribution in [0.3, 0.4) is 0 Å². The van der Waals surface area contributed by atoms with Crippen LogP contribution in [-0.2, 0) is 0 Å². The van der Waals surface area contributed by atoms with E-state index in [0.717, 1.165) is 29.1 Å². The van der Waals surface area contributed by atoms with Gasteiger partial charge in [-0.1, -0.05) is 11.6 Å². The number of hydrogen-bond acceptors (Lipinski definition) is 3. The Morgan fingerprint density at radius 2 is 2.15 bits per heavy atom. The van der Waals surface area contributed by atoms with Gasteiger partial charge in [-0.05, 0) is 63.1 Å². The Labute approximate surface area is 132 Å². The average Bonchev–Trinajstić information content (AvgIpc) is 2.63. The second kappa shape index (κ2) is 6.10. The lowest BCUT2D eigenvalue weighted by atomic mass is 10.2. The smallest absolute Gasteiger partial charge is 0.175 e. The summed E-state index contributed by atoms with van der Waals surface area (Å²) < 4.78 is 0.627. The number of aromatic amines is 2. The summed E-state index contributed by atoms with van der Waals surface area (Å²) in [5.74, 6) is 0. The Kier molecular flexibility index (Phi) is 4.40. The van der Waals surface area contributed by atoms with Crippen molar-refractivity contribution in [3.05, 3.63) is 21.4 Å². The summed E-state index contributed by atoms with van der Waals surface area (Å²) >= 11 is 13.7. The van der Waals surface area contributed by atoms with Crippen LogP contribution in [0.15, 0.2) is 11.0 Å². The van der Waals surface area contributed by atoms with E-state index >= 15 is 0 Å². The molecule has 1 aliphatic rings. The topological polar surface area (TPSA) is 43.6 Å². The van der Waals surface area contributed by atoms with Gasteiger partial charge in [0.2, 0.25) is 0 Å². The molecule has 3 rings (SSSR count). The molecule has 0 aliphatic carbocycles. The fourth-order valence-corrected chi connectivity index (χ4v) is 4.61. The van der Waals surface area contributed by atoms with E-state index in [9.17, 15) is 0 Å². The maximum absolute atomic E-state index is 6.59. The third-order valence-corrected chi connectivity index (χ3v) is 5.96. The highest BCUT2D eigenvalue weighted by Gasteiger charge is 2.18. The van der Waals surface area contributed by atoms with Gasteiger partial charge < -0.3 is 15.3 Å². The summed E-state index contributed by atoms with van der Waals surface area (Å²) in [6.45, 7) is 4.35. The molecule has 0 saturated carbocycles. The minimum atomic E-state index is 0.627. The van der Waals surface area contributed by atoms with Crippen LogP contribution in [0.25, 0.3) is 11.0 Å². The van der Waals surface area contributed by atoms with Crippen LogP contribution >= 0.6 is 35.6 Å². The number of imidazole rings is 1. The summed E-state index contributed by atoms with van der Waals surface area (Å²) in [6, 6.07) is 2.13. The van der Waals surface area contributed by atoms with Gasteiger partial charge >= 0.3 is 0 Å². The van der Waals surface area contributed by atoms with Crippen molar-refractivity contribution in [2.45, 2.75) is 36.3 Å². The number of H-pyrrole nitrogens is 2. The number of benzene rings is 1. The number of halogens is 1. The predicted molar refractivity (Wildman–Crippen MR) is 89.6 cm³/mol. The second-order valence-electron chi connectivity index (χ2n) is 5.26. The van der Waals surface area contributed by atoms with E-state index in [0.29, 0.717) is 10.0 Å². The Bertz CT molecular complexity index is 669. The molecular weight excluding hydrogens is 310 g/mol. The highest BCUT2D eigenvalue weighted by atomic mass is 35.5. The van der Waals surface area contributed by atoms with Crippen LogP contribution in [0.2, 0.25) is 5.02 Å². The predicted octanol–water partition coefficient (Wildman–Crippen LogP) is 4.42. The molecule has 3 nitrogen and oxygen atoms in total. The summed E-state index contributed by atoms with van der Waals surface area (Å²) in [5, 5.41) is 4.89. The van der Waals surface area contributed by atoms with Gasteiger partial charge in [0.1, 0.15) is 0 Å². The van der Waals surface area contributed by atoms with E-state index in [1.807, 2.05) is 11.8 Å². The van der Waals surface area contributed by atoms with E-state index in [-0.39, 0.29) is 0 Å². The van der Waals surface area contributed by atoms with Crippen LogP contribution in [0.4, 0.5) is 0 Å².